The van der Waals surface area contributed by atoms with Crippen molar-refractivity contribution in [3.63, 3.8) is 0 Å². The molecule has 0 heterocycles. The zero-order chi connectivity index (χ0) is 19.9. The van der Waals surface area contributed by atoms with Crippen molar-refractivity contribution in [3.05, 3.63) is 34.9 Å². The van der Waals surface area contributed by atoms with Crippen LogP contribution in [0.3, 0.4) is 0 Å². The number of carbonyl (C=O) groups is 2. The van der Waals surface area contributed by atoms with Gasteiger partial charge in [0.1, 0.15) is 6.10 Å². The van der Waals surface area contributed by atoms with Crippen LogP contribution in [0.4, 0.5) is 0 Å². The van der Waals surface area contributed by atoms with Crippen LogP contribution in [0.15, 0.2) is 18.2 Å². The molecule has 0 spiro atoms. The number of carbonyl (C=O) groups excluding carboxylic acids is 1. The predicted octanol–water partition coefficient (Wildman–Crippen LogP) is 5.83. The van der Waals surface area contributed by atoms with Gasteiger partial charge in [0.25, 0.3) is 0 Å². The molecule has 0 aromatic heterocycles. The summed E-state index contributed by atoms with van der Waals surface area (Å²) in [5.41, 5.74) is 0.846. The van der Waals surface area contributed by atoms with Crippen LogP contribution >= 0.6 is 0 Å². The van der Waals surface area contributed by atoms with E-state index in [1.54, 1.807) is 12.1 Å². The fraction of sp³-hybridized carbons (Fsp3) is 0.636. The average molecular weight is 363 g/mol. The van der Waals surface area contributed by atoms with Crippen LogP contribution in [0.1, 0.15) is 99.9 Å². The third-order valence-electron chi connectivity index (χ3n) is 4.56. The summed E-state index contributed by atoms with van der Waals surface area (Å²) in [6.07, 6.45) is 4.48. The van der Waals surface area contributed by atoms with E-state index < -0.39 is 11.9 Å². The summed E-state index contributed by atoms with van der Waals surface area (Å²) < 4.78 is 5.70. The Bertz CT molecular complexity index is 611. The van der Waals surface area contributed by atoms with Crippen LogP contribution in [0, 0.1) is 5.92 Å². The highest BCUT2D eigenvalue weighted by atomic mass is 16.5. The lowest BCUT2D eigenvalue weighted by molar-refractivity contribution is 0.0238. The molecule has 0 saturated heterocycles. The normalized spacial score (nSPS) is 12.9. The number of rotatable bonds is 9. The van der Waals surface area contributed by atoms with Crippen LogP contribution in [-0.4, -0.2) is 23.1 Å². The quantitative estimate of drug-likeness (QED) is 0.561. The number of aromatic carboxylic acids is 1. The maximum atomic E-state index is 12.7. The zero-order valence-corrected chi connectivity index (χ0v) is 17.1. The smallest absolute Gasteiger partial charge is 0.339 e. The Kier molecular flexibility index (Phi) is 8.32. The van der Waals surface area contributed by atoms with Crippen molar-refractivity contribution < 1.29 is 19.4 Å². The first kappa shape index (κ1) is 22.2. The average Bonchev–Trinajstić information content (AvgIpc) is 2.55. The molecule has 0 radical (unpaired) electrons. The number of carboxylic acids is 1. The summed E-state index contributed by atoms with van der Waals surface area (Å²) in [5.74, 6) is -1.10. The summed E-state index contributed by atoms with van der Waals surface area (Å²) in [7, 11) is 0. The summed E-state index contributed by atoms with van der Waals surface area (Å²) in [5, 5.41) is 9.55. The molecule has 1 unspecified atom stereocenters. The van der Waals surface area contributed by atoms with E-state index >= 15 is 0 Å². The van der Waals surface area contributed by atoms with Crippen molar-refractivity contribution in [2.24, 2.45) is 5.92 Å². The molecule has 0 aliphatic rings. The standard InChI is InChI=1S/C22H34O4/c1-7-8-9-17(12-10-15(2)3)26-21(25)18-13-11-16(22(4,5)6)14-19(18)20(23)24/h11,13-15,17H,7-10,12H2,1-6H3,(H,23,24). The van der Waals surface area contributed by atoms with Crippen molar-refractivity contribution in [1.29, 1.82) is 0 Å². The van der Waals surface area contributed by atoms with Crippen molar-refractivity contribution in [2.75, 3.05) is 0 Å². The topological polar surface area (TPSA) is 63.6 Å². The van der Waals surface area contributed by atoms with E-state index in [9.17, 15) is 14.7 Å². The Balaban J connectivity index is 3.03. The van der Waals surface area contributed by atoms with Gasteiger partial charge in [-0.25, -0.2) is 9.59 Å². The molecule has 0 amide bonds. The molecule has 1 rings (SSSR count). The van der Waals surface area contributed by atoms with Crippen LogP contribution < -0.4 is 0 Å². The van der Waals surface area contributed by atoms with Gasteiger partial charge in [-0.15, -0.1) is 0 Å². The molecule has 0 aliphatic heterocycles. The van der Waals surface area contributed by atoms with Crippen molar-refractivity contribution in [3.8, 4) is 0 Å². The van der Waals surface area contributed by atoms with E-state index in [-0.39, 0.29) is 22.6 Å². The summed E-state index contributed by atoms with van der Waals surface area (Å²) in [6, 6.07) is 5.00. The summed E-state index contributed by atoms with van der Waals surface area (Å²) in [6.45, 7) is 12.4. The van der Waals surface area contributed by atoms with Crippen LogP contribution in [-0.2, 0) is 10.2 Å². The summed E-state index contributed by atoms with van der Waals surface area (Å²) >= 11 is 0. The van der Waals surface area contributed by atoms with Gasteiger partial charge in [0.15, 0.2) is 0 Å². The highest BCUT2D eigenvalue weighted by molar-refractivity contribution is 6.02. The van der Waals surface area contributed by atoms with Gasteiger partial charge in [-0.1, -0.05) is 60.5 Å². The minimum atomic E-state index is -1.10. The number of ether oxygens (including phenoxy) is 1. The van der Waals surface area contributed by atoms with Crippen LogP contribution in [0.25, 0.3) is 0 Å². The lowest BCUT2D eigenvalue weighted by atomic mass is 9.85. The SMILES string of the molecule is CCCCC(CCC(C)C)OC(=O)c1ccc(C(C)(C)C)cc1C(=O)O. The van der Waals surface area contributed by atoms with Crippen molar-refractivity contribution in [1.82, 2.24) is 0 Å². The van der Waals surface area contributed by atoms with E-state index in [0.29, 0.717) is 5.92 Å². The zero-order valence-electron chi connectivity index (χ0n) is 17.1. The molecule has 1 aromatic rings. The molecule has 4 heteroatoms. The molecule has 26 heavy (non-hydrogen) atoms. The maximum absolute atomic E-state index is 12.7. The van der Waals surface area contributed by atoms with Gasteiger partial charge in [-0.05, 0) is 48.3 Å². The van der Waals surface area contributed by atoms with Crippen LogP contribution in [0.2, 0.25) is 0 Å². The molecule has 4 nitrogen and oxygen atoms in total. The first-order chi connectivity index (χ1) is 12.1. The molecule has 1 aromatic carbocycles. The number of hydrogen-bond acceptors (Lipinski definition) is 3. The minimum Gasteiger partial charge on any atom is -0.478 e. The van der Waals surface area contributed by atoms with Gasteiger partial charge in [-0.2, -0.15) is 0 Å². The molecule has 1 atom stereocenters. The number of hydrogen-bond donors (Lipinski definition) is 1. The highest BCUT2D eigenvalue weighted by Gasteiger charge is 2.24. The Hall–Kier alpha value is -1.84. The highest BCUT2D eigenvalue weighted by Crippen LogP contribution is 2.26. The molecule has 1 N–H and O–H groups in total. The van der Waals surface area contributed by atoms with Gasteiger partial charge in [-0.3, -0.25) is 0 Å². The largest absolute Gasteiger partial charge is 0.478 e. The van der Waals surface area contributed by atoms with E-state index in [4.69, 9.17) is 4.74 Å². The van der Waals surface area contributed by atoms with Gasteiger partial charge >= 0.3 is 11.9 Å². The van der Waals surface area contributed by atoms with E-state index in [1.165, 1.54) is 0 Å². The summed E-state index contributed by atoms with van der Waals surface area (Å²) in [4.78, 5) is 24.3. The van der Waals surface area contributed by atoms with Gasteiger partial charge in [0.2, 0.25) is 0 Å². The van der Waals surface area contributed by atoms with Crippen LogP contribution in [0.5, 0.6) is 0 Å². The second kappa shape index (κ2) is 9.75. The number of esters is 1. The third-order valence-corrected chi connectivity index (χ3v) is 4.56. The fourth-order valence-electron chi connectivity index (χ4n) is 2.79. The molecule has 146 valence electrons. The molecular formula is C22H34O4. The molecule has 0 saturated carbocycles. The van der Waals surface area contributed by atoms with E-state index in [1.807, 2.05) is 26.8 Å². The first-order valence-electron chi connectivity index (χ1n) is 9.65. The number of carboxylic acid groups (broad SMARTS) is 1. The minimum absolute atomic E-state index is 0.0144. The maximum Gasteiger partial charge on any atom is 0.339 e. The van der Waals surface area contributed by atoms with E-state index in [0.717, 1.165) is 37.7 Å². The monoisotopic (exact) mass is 362 g/mol. The van der Waals surface area contributed by atoms with Crippen molar-refractivity contribution in [2.45, 2.75) is 85.2 Å². The van der Waals surface area contributed by atoms with Gasteiger partial charge in [0.05, 0.1) is 11.1 Å². The number of benzene rings is 1. The second-order valence-electron chi connectivity index (χ2n) is 8.46. The Labute approximate surface area is 158 Å². The van der Waals surface area contributed by atoms with Gasteiger partial charge in [0, 0.05) is 0 Å². The predicted molar refractivity (Wildman–Crippen MR) is 105 cm³/mol. The molecule has 0 aliphatic carbocycles. The Morgan fingerprint density at radius 3 is 2.23 bits per heavy atom. The lowest BCUT2D eigenvalue weighted by Crippen LogP contribution is -2.22. The Morgan fingerprint density at radius 1 is 1.08 bits per heavy atom. The lowest BCUT2D eigenvalue weighted by Gasteiger charge is -2.22. The van der Waals surface area contributed by atoms with E-state index in [2.05, 4.69) is 20.8 Å². The molecule has 0 fully saturated rings. The van der Waals surface area contributed by atoms with Gasteiger partial charge < -0.3 is 9.84 Å². The fourth-order valence-corrected chi connectivity index (χ4v) is 2.79. The third kappa shape index (κ3) is 6.81. The van der Waals surface area contributed by atoms with Crippen molar-refractivity contribution >= 4 is 11.9 Å². The first-order valence-corrected chi connectivity index (χ1v) is 9.65. The molecule has 0 bridgehead atoms. The second-order valence-corrected chi connectivity index (χ2v) is 8.46. The molecular weight excluding hydrogens is 328 g/mol. The number of unbranched alkanes of at least 4 members (excludes halogenated alkanes) is 1. The Morgan fingerprint density at radius 2 is 1.73 bits per heavy atom.